The minimum Gasteiger partial charge on any atom is -0.463 e. The second kappa shape index (κ2) is 10.2. The molecule has 0 bridgehead atoms. The maximum atomic E-state index is 13.5. The maximum absolute atomic E-state index is 13.5. The van der Waals surface area contributed by atoms with Gasteiger partial charge in [0, 0.05) is 31.8 Å². The number of carbonyl (C=O) groups is 1. The van der Waals surface area contributed by atoms with Gasteiger partial charge in [-0.05, 0) is 37.3 Å². The Bertz CT molecular complexity index is 1130. The summed E-state index contributed by atoms with van der Waals surface area (Å²) in [7, 11) is 1.57. The molecule has 0 radical (unpaired) electrons. The van der Waals surface area contributed by atoms with Crippen molar-refractivity contribution in [3.63, 3.8) is 0 Å². The molecule has 0 aliphatic carbocycles. The van der Waals surface area contributed by atoms with Crippen molar-refractivity contribution >= 4 is 5.91 Å². The van der Waals surface area contributed by atoms with Crippen molar-refractivity contribution in [1.82, 2.24) is 25.3 Å². The fraction of sp³-hybridized carbons (Fsp3) is 0.391. The van der Waals surface area contributed by atoms with Crippen LogP contribution in [0, 0.1) is 11.2 Å². The third-order valence-electron chi connectivity index (χ3n) is 5.37. The predicted molar refractivity (Wildman–Crippen MR) is 119 cm³/mol. The van der Waals surface area contributed by atoms with Gasteiger partial charge in [0.1, 0.15) is 5.82 Å². The number of rotatable bonds is 8. The zero-order chi connectivity index (χ0) is 24.1. The van der Waals surface area contributed by atoms with Gasteiger partial charge in [-0.25, -0.2) is 14.4 Å². The molecule has 1 saturated heterocycles. The fourth-order valence-corrected chi connectivity index (χ4v) is 3.48. The number of imidazole rings is 1. The number of aromatic amines is 1. The van der Waals surface area contributed by atoms with Gasteiger partial charge in [-0.3, -0.25) is 4.79 Å². The SMILES string of the molecule is CNC(=O)C1(C)COC(c2nc(-c3ccc(F)cc3)c(-c3ccnc(OCCCO)n3)[nH]2)OC1. The Balaban J connectivity index is 1.66. The number of ether oxygens (including phenoxy) is 3. The summed E-state index contributed by atoms with van der Waals surface area (Å²) in [5.74, 6) is -0.155. The lowest BCUT2D eigenvalue weighted by Gasteiger charge is -2.34. The zero-order valence-corrected chi connectivity index (χ0v) is 18.9. The average molecular weight is 471 g/mol. The van der Waals surface area contributed by atoms with Gasteiger partial charge < -0.3 is 29.6 Å². The summed E-state index contributed by atoms with van der Waals surface area (Å²) < 4.78 is 30.7. The third kappa shape index (κ3) is 5.06. The van der Waals surface area contributed by atoms with E-state index in [2.05, 4.69) is 25.3 Å². The van der Waals surface area contributed by atoms with E-state index in [-0.39, 0.29) is 44.2 Å². The zero-order valence-electron chi connectivity index (χ0n) is 18.9. The largest absolute Gasteiger partial charge is 0.463 e. The summed E-state index contributed by atoms with van der Waals surface area (Å²) in [4.78, 5) is 28.6. The first-order valence-corrected chi connectivity index (χ1v) is 10.8. The summed E-state index contributed by atoms with van der Waals surface area (Å²) in [6, 6.07) is 7.76. The number of carbonyl (C=O) groups excluding carboxylic acids is 1. The van der Waals surface area contributed by atoms with Crippen molar-refractivity contribution in [1.29, 1.82) is 0 Å². The lowest BCUT2D eigenvalue weighted by Crippen LogP contribution is -2.47. The molecular weight excluding hydrogens is 445 g/mol. The molecule has 3 heterocycles. The Kier molecular flexibility index (Phi) is 7.15. The Hall–Kier alpha value is -3.41. The molecular formula is C23H26FN5O5. The van der Waals surface area contributed by atoms with Crippen molar-refractivity contribution in [2.75, 3.05) is 33.5 Å². The summed E-state index contributed by atoms with van der Waals surface area (Å²) in [5.41, 5.74) is 1.41. The standard InChI is InChI=1S/C23H26FN5O5/c1-23(21(31)25-2)12-33-20(34-13-23)19-28-17(14-4-6-15(24)7-5-14)18(29-19)16-8-9-26-22(27-16)32-11-3-10-30/h4-9,20,30H,3,10-13H2,1-2H3,(H,25,31)(H,28,29). The Morgan fingerprint density at radius 1 is 1.26 bits per heavy atom. The van der Waals surface area contributed by atoms with E-state index in [1.54, 1.807) is 38.4 Å². The highest BCUT2D eigenvalue weighted by Gasteiger charge is 2.40. The minimum atomic E-state index is -0.826. The number of aliphatic hydroxyl groups is 1. The Labute approximate surface area is 195 Å². The van der Waals surface area contributed by atoms with E-state index in [4.69, 9.17) is 19.3 Å². The molecule has 1 amide bonds. The van der Waals surface area contributed by atoms with Crippen LogP contribution in [0.2, 0.25) is 0 Å². The summed E-state index contributed by atoms with van der Waals surface area (Å²) >= 11 is 0. The first kappa shape index (κ1) is 23.7. The van der Waals surface area contributed by atoms with Gasteiger partial charge in [0.2, 0.25) is 12.2 Å². The van der Waals surface area contributed by atoms with Crippen LogP contribution in [-0.4, -0.2) is 64.4 Å². The van der Waals surface area contributed by atoms with E-state index in [1.165, 1.54) is 12.1 Å². The van der Waals surface area contributed by atoms with E-state index in [0.717, 1.165) is 0 Å². The van der Waals surface area contributed by atoms with Gasteiger partial charge in [-0.2, -0.15) is 4.98 Å². The maximum Gasteiger partial charge on any atom is 0.316 e. The molecule has 2 aromatic heterocycles. The van der Waals surface area contributed by atoms with Crippen molar-refractivity contribution in [2.24, 2.45) is 5.41 Å². The van der Waals surface area contributed by atoms with E-state index in [1.807, 2.05) is 0 Å². The second-order valence-corrected chi connectivity index (χ2v) is 8.10. The van der Waals surface area contributed by atoms with Crippen molar-refractivity contribution in [3.05, 3.63) is 48.2 Å². The molecule has 1 fully saturated rings. The second-order valence-electron chi connectivity index (χ2n) is 8.10. The average Bonchev–Trinajstić information content (AvgIpc) is 3.30. The topological polar surface area (TPSA) is 131 Å². The molecule has 180 valence electrons. The van der Waals surface area contributed by atoms with Crippen LogP contribution in [0.3, 0.4) is 0 Å². The predicted octanol–water partition coefficient (Wildman–Crippen LogP) is 2.23. The van der Waals surface area contributed by atoms with Gasteiger partial charge in [0.15, 0.2) is 5.82 Å². The molecule has 1 aliphatic rings. The summed E-state index contributed by atoms with van der Waals surface area (Å²) in [6.45, 7) is 2.33. The number of hydrogen-bond acceptors (Lipinski definition) is 8. The molecule has 0 unspecified atom stereocenters. The van der Waals surface area contributed by atoms with Crippen LogP contribution in [0.15, 0.2) is 36.5 Å². The number of benzene rings is 1. The van der Waals surface area contributed by atoms with Gasteiger partial charge in [0.25, 0.3) is 0 Å². The van der Waals surface area contributed by atoms with E-state index in [9.17, 15) is 9.18 Å². The minimum absolute atomic E-state index is 0.00133. The van der Waals surface area contributed by atoms with Gasteiger partial charge in [-0.1, -0.05) is 0 Å². The molecule has 4 rings (SSSR count). The third-order valence-corrected chi connectivity index (χ3v) is 5.37. The molecule has 10 nitrogen and oxygen atoms in total. The van der Waals surface area contributed by atoms with Crippen LogP contribution in [-0.2, 0) is 14.3 Å². The molecule has 0 atom stereocenters. The number of aliphatic hydroxyl groups excluding tert-OH is 1. The number of amides is 1. The fourth-order valence-electron chi connectivity index (χ4n) is 3.48. The van der Waals surface area contributed by atoms with Crippen molar-refractivity contribution < 1.29 is 28.5 Å². The van der Waals surface area contributed by atoms with Gasteiger partial charge in [0.05, 0.1) is 42.3 Å². The lowest BCUT2D eigenvalue weighted by molar-refractivity contribution is -0.230. The Morgan fingerprint density at radius 2 is 2.00 bits per heavy atom. The molecule has 11 heteroatoms. The highest BCUT2D eigenvalue weighted by Crippen LogP contribution is 2.35. The molecule has 0 spiro atoms. The van der Waals surface area contributed by atoms with E-state index in [0.29, 0.717) is 34.9 Å². The normalized spacial score (nSPS) is 20.2. The molecule has 1 aromatic carbocycles. The van der Waals surface area contributed by atoms with Crippen LogP contribution in [0.1, 0.15) is 25.5 Å². The van der Waals surface area contributed by atoms with Crippen LogP contribution in [0.4, 0.5) is 4.39 Å². The first-order valence-electron chi connectivity index (χ1n) is 10.8. The number of aromatic nitrogens is 4. The van der Waals surface area contributed by atoms with Gasteiger partial charge in [-0.15, -0.1) is 0 Å². The number of nitrogens with one attached hydrogen (secondary N) is 2. The molecule has 3 aromatic rings. The quantitative estimate of drug-likeness (QED) is 0.426. The highest BCUT2D eigenvalue weighted by atomic mass is 19.1. The van der Waals surface area contributed by atoms with Crippen LogP contribution in [0.25, 0.3) is 22.6 Å². The van der Waals surface area contributed by atoms with Gasteiger partial charge >= 0.3 is 6.01 Å². The first-order chi connectivity index (χ1) is 16.4. The monoisotopic (exact) mass is 471 g/mol. The molecule has 0 saturated carbocycles. The molecule has 34 heavy (non-hydrogen) atoms. The van der Waals surface area contributed by atoms with Crippen LogP contribution in [0.5, 0.6) is 6.01 Å². The number of halogens is 1. The lowest BCUT2D eigenvalue weighted by atomic mass is 9.91. The smallest absolute Gasteiger partial charge is 0.316 e. The van der Waals surface area contributed by atoms with Crippen molar-refractivity contribution in [3.8, 4) is 28.7 Å². The van der Waals surface area contributed by atoms with Crippen LogP contribution < -0.4 is 10.1 Å². The molecule has 3 N–H and O–H groups in total. The van der Waals surface area contributed by atoms with E-state index < -0.39 is 11.7 Å². The Morgan fingerprint density at radius 3 is 2.68 bits per heavy atom. The van der Waals surface area contributed by atoms with Crippen molar-refractivity contribution in [2.45, 2.75) is 19.6 Å². The number of H-pyrrole nitrogens is 1. The van der Waals surface area contributed by atoms with E-state index >= 15 is 0 Å². The number of nitrogens with zero attached hydrogens (tertiary/aromatic N) is 3. The number of hydrogen-bond donors (Lipinski definition) is 3. The summed E-state index contributed by atoms with van der Waals surface area (Å²) in [5, 5.41) is 11.6. The summed E-state index contributed by atoms with van der Waals surface area (Å²) in [6.07, 6.45) is 1.18. The highest BCUT2D eigenvalue weighted by molar-refractivity contribution is 5.82. The van der Waals surface area contributed by atoms with Crippen LogP contribution >= 0.6 is 0 Å². The molecule has 1 aliphatic heterocycles.